The summed E-state index contributed by atoms with van der Waals surface area (Å²) in [5.41, 5.74) is 0.600. The highest BCUT2D eigenvalue weighted by Crippen LogP contribution is 2.32. The summed E-state index contributed by atoms with van der Waals surface area (Å²) in [6.07, 6.45) is 2.86. The highest BCUT2D eigenvalue weighted by atomic mass is 79.9. The van der Waals surface area contributed by atoms with Gasteiger partial charge >= 0.3 is 0 Å². The number of phenolic OH excluding ortho intramolecular Hbond substituents is 1. The fraction of sp³-hybridized carbons (Fsp3) is 0. The molecule has 0 bridgehead atoms. The maximum atomic E-state index is 9.52. The summed E-state index contributed by atoms with van der Waals surface area (Å²) in [5, 5.41) is 17.8. The van der Waals surface area contributed by atoms with Gasteiger partial charge in [0.2, 0.25) is 0 Å². The van der Waals surface area contributed by atoms with E-state index in [1.54, 1.807) is 18.2 Å². The summed E-state index contributed by atoms with van der Waals surface area (Å²) < 4.78 is 1.44. The lowest BCUT2D eigenvalue weighted by Gasteiger charge is -2.02. The topological polar surface area (TPSA) is 44.0 Å². The molecule has 0 aliphatic carbocycles. The van der Waals surface area contributed by atoms with Crippen LogP contribution < -0.4 is 0 Å². The molecule has 0 aliphatic rings. The van der Waals surface area contributed by atoms with Crippen LogP contribution in [0.25, 0.3) is 6.08 Å². The number of phenols is 1. The van der Waals surface area contributed by atoms with Crippen molar-refractivity contribution in [2.45, 2.75) is 0 Å². The predicted octanol–water partition coefficient (Wildman–Crippen LogP) is 3.45. The Morgan fingerprint density at radius 2 is 2.08 bits per heavy atom. The second kappa shape index (κ2) is 4.45. The fourth-order valence-corrected chi connectivity index (χ4v) is 2.10. The number of aromatic hydroxyl groups is 1. The lowest BCUT2D eigenvalue weighted by molar-refractivity contribution is 0.470. The third-order valence-corrected chi connectivity index (χ3v) is 2.46. The highest BCUT2D eigenvalue weighted by Gasteiger charge is 2.03. The van der Waals surface area contributed by atoms with Crippen molar-refractivity contribution in [1.29, 1.82) is 5.26 Å². The van der Waals surface area contributed by atoms with E-state index in [9.17, 15) is 5.11 Å². The van der Waals surface area contributed by atoms with Crippen LogP contribution in [0, 0.1) is 11.3 Å². The van der Waals surface area contributed by atoms with E-state index >= 15 is 0 Å². The minimum absolute atomic E-state index is 0.134. The first kappa shape index (κ1) is 10.3. The van der Waals surface area contributed by atoms with Crippen LogP contribution in [0.1, 0.15) is 5.56 Å². The van der Waals surface area contributed by atoms with Crippen molar-refractivity contribution in [2.75, 3.05) is 0 Å². The van der Waals surface area contributed by atoms with Crippen LogP contribution in [-0.2, 0) is 0 Å². The summed E-state index contributed by atoms with van der Waals surface area (Å²) in [6, 6.07) is 5.33. The number of nitrogens with zero attached hydrogens (tertiary/aromatic N) is 1. The Kier molecular flexibility index (Phi) is 3.52. The largest absolute Gasteiger partial charge is 0.506 e. The van der Waals surface area contributed by atoms with Crippen LogP contribution in [0.4, 0.5) is 0 Å². The second-order valence-electron chi connectivity index (χ2n) is 2.29. The molecule has 1 aromatic rings. The molecule has 0 amide bonds. The minimum atomic E-state index is 0.134. The molecular weight excluding hydrogens is 298 g/mol. The molecule has 0 spiro atoms. The highest BCUT2D eigenvalue weighted by molar-refractivity contribution is 9.11. The van der Waals surface area contributed by atoms with Crippen LogP contribution in [-0.4, -0.2) is 5.11 Å². The van der Waals surface area contributed by atoms with E-state index in [1.165, 1.54) is 6.08 Å². The standard InChI is InChI=1S/C9H5Br2NO/c10-7-4-6(2-1-3-12)9(13)8(11)5-7/h1-2,4-5,13H. The van der Waals surface area contributed by atoms with Crippen molar-refractivity contribution in [1.82, 2.24) is 0 Å². The normalized spacial score (nSPS) is 10.2. The van der Waals surface area contributed by atoms with Gasteiger partial charge in [0, 0.05) is 16.1 Å². The number of allylic oxidation sites excluding steroid dienone is 1. The molecule has 0 fully saturated rings. The molecular formula is C9H5Br2NO. The molecule has 0 saturated heterocycles. The van der Waals surface area contributed by atoms with Crippen molar-refractivity contribution in [3.63, 3.8) is 0 Å². The zero-order chi connectivity index (χ0) is 9.84. The maximum absolute atomic E-state index is 9.52. The summed E-state index contributed by atoms with van der Waals surface area (Å²) in [6.45, 7) is 0. The van der Waals surface area contributed by atoms with Gasteiger partial charge in [-0.05, 0) is 34.1 Å². The Labute approximate surface area is 92.8 Å². The first-order chi connectivity index (χ1) is 6.15. The summed E-state index contributed by atoms with van der Waals surface area (Å²) in [4.78, 5) is 0. The fourth-order valence-electron chi connectivity index (χ4n) is 0.840. The monoisotopic (exact) mass is 301 g/mol. The lowest BCUT2D eigenvalue weighted by Crippen LogP contribution is -1.77. The van der Waals surface area contributed by atoms with Gasteiger partial charge in [-0.2, -0.15) is 5.26 Å². The van der Waals surface area contributed by atoms with Gasteiger partial charge in [-0.3, -0.25) is 0 Å². The molecule has 1 N–H and O–H groups in total. The van der Waals surface area contributed by atoms with Crippen molar-refractivity contribution in [3.05, 3.63) is 32.7 Å². The van der Waals surface area contributed by atoms with Crippen LogP contribution in [0.5, 0.6) is 5.75 Å². The molecule has 1 rings (SSSR count). The number of nitriles is 1. The van der Waals surface area contributed by atoms with E-state index in [0.717, 1.165) is 4.47 Å². The van der Waals surface area contributed by atoms with Crippen LogP contribution in [0.2, 0.25) is 0 Å². The minimum Gasteiger partial charge on any atom is -0.506 e. The third-order valence-electron chi connectivity index (χ3n) is 1.40. The third kappa shape index (κ3) is 2.58. The molecule has 66 valence electrons. The molecule has 2 nitrogen and oxygen atoms in total. The number of halogens is 2. The molecule has 0 unspecified atom stereocenters. The summed E-state index contributed by atoms with van der Waals surface area (Å²) >= 11 is 6.47. The number of rotatable bonds is 1. The molecule has 4 heteroatoms. The van der Waals surface area contributed by atoms with Crippen molar-refractivity contribution in [3.8, 4) is 11.8 Å². The Morgan fingerprint density at radius 3 is 2.69 bits per heavy atom. The molecule has 0 heterocycles. The zero-order valence-corrected chi connectivity index (χ0v) is 9.63. The first-order valence-corrected chi connectivity index (χ1v) is 4.98. The van der Waals surface area contributed by atoms with E-state index in [4.69, 9.17) is 5.26 Å². The first-order valence-electron chi connectivity index (χ1n) is 3.39. The van der Waals surface area contributed by atoms with E-state index in [1.807, 2.05) is 6.07 Å². The SMILES string of the molecule is N#CC=Cc1cc(Br)cc(Br)c1O. The van der Waals surface area contributed by atoms with Gasteiger partial charge in [-0.15, -0.1) is 0 Å². The van der Waals surface area contributed by atoms with Gasteiger partial charge in [0.15, 0.2) is 0 Å². The average molecular weight is 303 g/mol. The number of hydrogen-bond donors (Lipinski definition) is 1. The molecule has 0 radical (unpaired) electrons. The molecule has 13 heavy (non-hydrogen) atoms. The Morgan fingerprint density at radius 1 is 1.38 bits per heavy atom. The second-order valence-corrected chi connectivity index (χ2v) is 4.06. The van der Waals surface area contributed by atoms with E-state index in [0.29, 0.717) is 10.0 Å². The van der Waals surface area contributed by atoms with Crippen LogP contribution in [0.15, 0.2) is 27.2 Å². The van der Waals surface area contributed by atoms with E-state index in [-0.39, 0.29) is 5.75 Å². The Balaban J connectivity index is 3.22. The van der Waals surface area contributed by atoms with Gasteiger partial charge in [-0.1, -0.05) is 15.9 Å². The Hall–Kier alpha value is -0.790. The number of benzene rings is 1. The van der Waals surface area contributed by atoms with Crippen molar-refractivity contribution >= 4 is 37.9 Å². The van der Waals surface area contributed by atoms with Crippen LogP contribution in [0.3, 0.4) is 0 Å². The zero-order valence-electron chi connectivity index (χ0n) is 6.46. The summed E-state index contributed by atoms with van der Waals surface area (Å²) in [5.74, 6) is 0.134. The van der Waals surface area contributed by atoms with Gasteiger partial charge in [0.25, 0.3) is 0 Å². The predicted molar refractivity (Wildman–Crippen MR) is 58.2 cm³/mol. The van der Waals surface area contributed by atoms with Gasteiger partial charge in [-0.25, -0.2) is 0 Å². The van der Waals surface area contributed by atoms with Gasteiger partial charge in [0.05, 0.1) is 10.5 Å². The average Bonchev–Trinajstić information content (AvgIpc) is 2.09. The summed E-state index contributed by atoms with van der Waals surface area (Å²) in [7, 11) is 0. The molecule has 0 saturated carbocycles. The van der Waals surface area contributed by atoms with Crippen molar-refractivity contribution in [2.24, 2.45) is 0 Å². The van der Waals surface area contributed by atoms with Crippen molar-refractivity contribution < 1.29 is 5.11 Å². The quantitative estimate of drug-likeness (QED) is 0.808. The van der Waals surface area contributed by atoms with E-state index < -0.39 is 0 Å². The van der Waals surface area contributed by atoms with Gasteiger partial charge in [0.1, 0.15) is 5.75 Å². The lowest BCUT2D eigenvalue weighted by atomic mass is 10.2. The maximum Gasteiger partial charge on any atom is 0.137 e. The molecule has 0 atom stereocenters. The van der Waals surface area contributed by atoms with E-state index in [2.05, 4.69) is 31.9 Å². The molecule has 0 aromatic heterocycles. The molecule has 0 aliphatic heterocycles. The number of hydrogen-bond acceptors (Lipinski definition) is 2. The van der Waals surface area contributed by atoms with Crippen LogP contribution >= 0.6 is 31.9 Å². The Bertz CT molecular complexity index is 393. The molecule has 1 aromatic carbocycles. The smallest absolute Gasteiger partial charge is 0.137 e. The van der Waals surface area contributed by atoms with Gasteiger partial charge < -0.3 is 5.11 Å².